The Kier molecular flexibility index (Phi) is 5.87. The molecule has 0 N–H and O–H groups in total. The molecular weight excluding hydrogens is 336 g/mol. The zero-order chi connectivity index (χ0) is 19.2. The molecule has 5 nitrogen and oxygen atoms in total. The second kappa shape index (κ2) is 8.49. The van der Waals surface area contributed by atoms with Crippen molar-refractivity contribution in [3.05, 3.63) is 93.9 Å². The number of carbonyl (C=O) groups excluding carboxylic acids is 1. The van der Waals surface area contributed by atoms with Gasteiger partial charge in [-0.1, -0.05) is 71.8 Å². The summed E-state index contributed by atoms with van der Waals surface area (Å²) in [6.07, 6.45) is 0. The van der Waals surface area contributed by atoms with Crippen molar-refractivity contribution in [1.82, 2.24) is 4.90 Å². The molecule has 0 radical (unpaired) electrons. The number of hydrogen-bond donors (Lipinski definition) is 0. The van der Waals surface area contributed by atoms with Crippen LogP contribution in [-0.4, -0.2) is 24.3 Å². The lowest BCUT2D eigenvalue weighted by Crippen LogP contribution is -2.22. The van der Waals surface area contributed by atoms with Crippen molar-refractivity contribution in [2.24, 2.45) is 5.11 Å². The Hall–Kier alpha value is -3.14. The lowest BCUT2D eigenvalue weighted by molar-refractivity contribution is 0.100. The van der Waals surface area contributed by atoms with Gasteiger partial charge >= 0.3 is 0 Å². The van der Waals surface area contributed by atoms with E-state index >= 15 is 0 Å². The van der Waals surface area contributed by atoms with Crippen LogP contribution >= 0.6 is 0 Å². The molecule has 0 saturated heterocycles. The Bertz CT molecular complexity index is 985. The maximum absolute atomic E-state index is 11.9. The summed E-state index contributed by atoms with van der Waals surface area (Å²) in [5.41, 5.74) is 11.3. The maximum Gasteiger partial charge on any atom is 0.168 e. The molecule has 0 heterocycles. The molecule has 1 atom stereocenters. The SMILES string of the molecule is C[C@@H](c1cccc2ccccc12)N(C)Cc1ccc(C(=O)CN=[N+]=[N-])cc1. The van der Waals surface area contributed by atoms with E-state index in [2.05, 4.69) is 71.4 Å². The second-order valence-corrected chi connectivity index (χ2v) is 6.67. The smallest absolute Gasteiger partial charge is 0.168 e. The van der Waals surface area contributed by atoms with Gasteiger partial charge in [0.1, 0.15) is 0 Å². The third kappa shape index (κ3) is 4.34. The highest BCUT2D eigenvalue weighted by Gasteiger charge is 2.15. The topological polar surface area (TPSA) is 69.1 Å². The van der Waals surface area contributed by atoms with Crippen LogP contribution in [0, 0.1) is 0 Å². The Balaban J connectivity index is 1.73. The highest BCUT2D eigenvalue weighted by molar-refractivity contribution is 5.97. The predicted octanol–water partition coefficient (Wildman–Crippen LogP) is 5.53. The van der Waals surface area contributed by atoms with Gasteiger partial charge in [-0.3, -0.25) is 9.69 Å². The van der Waals surface area contributed by atoms with Gasteiger partial charge in [-0.25, -0.2) is 0 Å². The third-order valence-electron chi connectivity index (χ3n) is 4.92. The summed E-state index contributed by atoms with van der Waals surface area (Å²) in [5.74, 6) is -0.170. The molecule has 3 aromatic rings. The number of hydrogen-bond acceptors (Lipinski definition) is 3. The van der Waals surface area contributed by atoms with Crippen molar-refractivity contribution in [3.8, 4) is 0 Å². The van der Waals surface area contributed by atoms with Gasteiger partial charge in [0.25, 0.3) is 0 Å². The van der Waals surface area contributed by atoms with Crippen LogP contribution in [0.25, 0.3) is 21.2 Å². The molecule has 0 saturated carbocycles. The normalized spacial score (nSPS) is 12.0. The molecule has 0 aliphatic heterocycles. The average Bonchev–Trinajstić information content (AvgIpc) is 2.71. The molecule has 0 amide bonds. The molecule has 5 heteroatoms. The second-order valence-electron chi connectivity index (χ2n) is 6.67. The van der Waals surface area contributed by atoms with Crippen LogP contribution in [0.2, 0.25) is 0 Å². The highest BCUT2D eigenvalue weighted by Crippen LogP contribution is 2.28. The third-order valence-corrected chi connectivity index (χ3v) is 4.92. The summed E-state index contributed by atoms with van der Waals surface area (Å²) >= 11 is 0. The van der Waals surface area contributed by atoms with E-state index < -0.39 is 0 Å². The number of fused-ring (bicyclic) bond motifs is 1. The van der Waals surface area contributed by atoms with Crippen molar-refractivity contribution in [2.45, 2.75) is 19.5 Å². The Labute approximate surface area is 158 Å². The van der Waals surface area contributed by atoms with E-state index in [0.717, 1.165) is 12.1 Å². The molecule has 3 rings (SSSR count). The maximum atomic E-state index is 11.9. The molecule has 0 unspecified atom stereocenters. The summed E-state index contributed by atoms with van der Waals surface area (Å²) in [6, 6.07) is 22.6. The Morgan fingerprint density at radius 3 is 2.52 bits per heavy atom. The van der Waals surface area contributed by atoms with E-state index in [9.17, 15) is 4.79 Å². The minimum Gasteiger partial charge on any atom is -0.295 e. The first-order chi connectivity index (χ1) is 13.1. The van der Waals surface area contributed by atoms with Crippen LogP contribution in [0.5, 0.6) is 0 Å². The standard InChI is InChI=1S/C22H22N4O/c1-16(20-9-5-7-18-6-3-4-8-21(18)20)26(2)15-17-10-12-19(13-11-17)22(27)14-24-25-23/h3-13,16H,14-15H2,1-2H3/t16-/m0/s1. The zero-order valence-corrected chi connectivity index (χ0v) is 15.5. The van der Waals surface area contributed by atoms with E-state index in [0.29, 0.717) is 5.56 Å². The number of Topliss-reactive ketones (excluding diaryl/α,β-unsaturated/α-hetero) is 1. The van der Waals surface area contributed by atoms with Crippen molar-refractivity contribution in [1.29, 1.82) is 0 Å². The molecule has 0 spiro atoms. The van der Waals surface area contributed by atoms with Gasteiger partial charge in [-0.2, -0.15) is 0 Å². The monoisotopic (exact) mass is 358 g/mol. The Morgan fingerprint density at radius 1 is 1.07 bits per heavy atom. The lowest BCUT2D eigenvalue weighted by atomic mass is 9.98. The van der Waals surface area contributed by atoms with Crippen molar-refractivity contribution < 1.29 is 4.79 Å². The minimum absolute atomic E-state index is 0.145. The fraction of sp³-hybridized carbons (Fsp3) is 0.227. The van der Waals surface area contributed by atoms with Crippen LogP contribution in [-0.2, 0) is 6.54 Å². The predicted molar refractivity (Wildman–Crippen MR) is 109 cm³/mol. The first-order valence-electron chi connectivity index (χ1n) is 8.91. The largest absolute Gasteiger partial charge is 0.295 e. The molecule has 0 fully saturated rings. The van der Waals surface area contributed by atoms with E-state index in [1.54, 1.807) is 12.1 Å². The van der Waals surface area contributed by atoms with Crippen molar-refractivity contribution in [2.75, 3.05) is 13.6 Å². The molecule has 0 aromatic heterocycles. The summed E-state index contributed by atoms with van der Waals surface area (Å²) in [4.78, 5) is 16.8. The van der Waals surface area contributed by atoms with Crippen LogP contribution in [0.4, 0.5) is 0 Å². The number of rotatable bonds is 7. The molecule has 0 aliphatic rings. The van der Waals surface area contributed by atoms with Gasteiger partial charge in [-0.15, -0.1) is 0 Å². The van der Waals surface area contributed by atoms with Crippen molar-refractivity contribution in [3.63, 3.8) is 0 Å². The number of nitrogens with zero attached hydrogens (tertiary/aromatic N) is 4. The number of carbonyl (C=O) groups is 1. The molecular formula is C22H22N4O. The number of azide groups is 1. The van der Waals surface area contributed by atoms with Gasteiger partial charge in [0, 0.05) is 23.1 Å². The Morgan fingerprint density at radius 2 is 1.78 bits per heavy atom. The summed E-state index contributed by atoms with van der Waals surface area (Å²) in [7, 11) is 2.10. The first kappa shape index (κ1) is 18.6. The van der Waals surface area contributed by atoms with E-state index in [4.69, 9.17) is 5.53 Å². The molecule has 27 heavy (non-hydrogen) atoms. The number of benzene rings is 3. The van der Waals surface area contributed by atoms with Crippen molar-refractivity contribution >= 4 is 16.6 Å². The summed E-state index contributed by atoms with van der Waals surface area (Å²) in [5, 5.41) is 5.85. The fourth-order valence-corrected chi connectivity index (χ4v) is 3.26. The summed E-state index contributed by atoms with van der Waals surface area (Å²) < 4.78 is 0. The van der Waals surface area contributed by atoms with Gasteiger partial charge in [-0.05, 0) is 41.4 Å². The van der Waals surface area contributed by atoms with Crippen LogP contribution in [0.3, 0.4) is 0 Å². The van der Waals surface area contributed by atoms with Crippen LogP contribution in [0.15, 0.2) is 71.8 Å². The minimum atomic E-state index is -0.170. The lowest BCUT2D eigenvalue weighted by Gasteiger charge is -2.26. The van der Waals surface area contributed by atoms with E-state index in [1.165, 1.54) is 16.3 Å². The number of ketones is 1. The fourth-order valence-electron chi connectivity index (χ4n) is 3.26. The first-order valence-corrected chi connectivity index (χ1v) is 8.91. The van der Waals surface area contributed by atoms with Gasteiger partial charge in [0.05, 0.1) is 6.54 Å². The van der Waals surface area contributed by atoms with Crippen LogP contribution in [0.1, 0.15) is 34.5 Å². The highest BCUT2D eigenvalue weighted by atomic mass is 16.1. The van der Waals surface area contributed by atoms with Crippen LogP contribution < -0.4 is 0 Å². The van der Waals surface area contributed by atoms with Gasteiger partial charge in [0.2, 0.25) is 0 Å². The zero-order valence-electron chi connectivity index (χ0n) is 15.5. The van der Waals surface area contributed by atoms with E-state index in [-0.39, 0.29) is 18.4 Å². The van der Waals surface area contributed by atoms with Gasteiger partial charge in [0.15, 0.2) is 5.78 Å². The molecule has 0 bridgehead atoms. The summed E-state index contributed by atoms with van der Waals surface area (Å²) in [6.45, 7) is 2.84. The molecule has 3 aromatic carbocycles. The molecule has 0 aliphatic carbocycles. The molecule has 136 valence electrons. The van der Waals surface area contributed by atoms with Gasteiger partial charge < -0.3 is 0 Å². The van der Waals surface area contributed by atoms with E-state index in [1.807, 2.05) is 12.1 Å². The quantitative estimate of drug-likeness (QED) is 0.241. The average molecular weight is 358 g/mol.